The number of rotatable bonds is 4. The molecule has 1 spiro atoms. The zero-order valence-electron chi connectivity index (χ0n) is 16.7. The Morgan fingerprint density at radius 3 is 2.86 bits per heavy atom. The molecule has 2 saturated heterocycles. The number of aliphatic hydroxyl groups is 1. The minimum atomic E-state index is -0.904. The van der Waals surface area contributed by atoms with Crippen LogP contribution < -0.4 is 10.6 Å². The Hall–Kier alpha value is -2.41. The van der Waals surface area contributed by atoms with Crippen LogP contribution in [0.1, 0.15) is 49.7 Å². The number of piperidine rings is 2. The second-order valence-electron chi connectivity index (χ2n) is 8.52. The lowest BCUT2D eigenvalue weighted by Crippen LogP contribution is -2.62. The third-order valence-electron chi connectivity index (χ3n) is 6.62. The van der Waals surface area contributed by atoms with E-state index in [-0.39, 0.29) is 37.1 Å². The summed E-state index contributed by atoms with van der Waals surface area (Å²) in [5.74, 6) is -0.486. The highest BCUT2D eigenvalue weighted by Gasteiger charge is 2.50. The molecule has 0 saturated carbocycles. The molecule has 1 aromatic rings. The van der Waals surface area contributed by atoms with Crippen molar-refractivity contribution in [2.45, 2.75) is 57.5 Å². The third-order valence-corrected chi connectivity index (χ3v) is 6.62. The van der Waals surface area contributed by atoms with E-state index in [0.29, 0.717) is 25.9 Å². The summed E-state index contributed by atoms with van der Waals surface area (Å²) < 4.78 is 0. The Labute approximate surface area is 170 Å². The van der Waals surface area contributed by atoms with E-state index in [1.54, 1.807) is 4.90 Å². The van der Waals surface area contributed by atoms with Crippen LogP contribution in [-0.2, 0) is 27.2 Å². The molecule has 1 aliphatic carbocycles. The highest BCUT2D eigenvalue weighted by atomic mass is 16.3. The van der Waals surface area contributed by atoms with Crippen LogP contribution in [0.3, 0.4) is 0 Å². The summed E-state index contributed by atoms with van der Waals surface area (Å²) in [6.07, 6.45) is 4.56. The number of hydrogen-bond acceptors (Lipinski definition) is 4. The van der Waals surface area contributed by atoms with Gasteiger partial charge >= 0.3 is 0 Å². The molecule has 0 unspecified atom stereocenters. The molecule has 1 aromatic carbocycles. The molecular formula is C22H29N3O4. The molecule has 2 aliphatic heterocycles. The van der Waals surface area contributed by atoms with E-state index >= 15 is 0 Å². The molecule has 0 aromatic heterocycles. The molecule has 2 heterocycles. The number of amides is 3. The summed E-state index contributed by atoms with van der Waals surface area (Å²) >= 11 is 0. The van der Waals surface area contributed by atoms with Gasteiger partial charge in [0.1, 0.15) is 0 Å². The Kier molecular flexibility index (Phi) is 5.58. The number of nitrogens with zero attached hydrogens (tertiary/aromatic N) is 1. The van der Waals surface area contributed by atoms with Gasteiger partial charge in [0, 0.05) is 38.2 Å². The van der Waals surface area contributed by atoms with Crippen molar-refractivity contribution in [3.05, 3.63) is 29.3 Å². The van der Waals surface area contributed by atoms with Crippen LogP contribution in [0.2, 0.25) is 0 Å². The molecule has 3 aliphatic rings. The molecule has 0 bridgehead atoms. The van der Waals surface area contributed by atoms with E-state index < -0.39 is 11.5 Å². The number of anilines is 1. The number of nitrogens with one attached hydrogen (secondary N) is 2. The molecule has 0 radical (unpaired) electrons. The zero-order chi connectivity index (χ0) is 20.4. The quantitative estimate of drug-likeness (QED) is 0.712. The lowest BCUT2D eigenvalue weighted by Gasteiger charge is -2.46. The average Bonchev–Trinajstić information content (AvgIpc) is 3.18. The van der Waals surface area contributed by atoms with Gasteiger partial charge in [0.25, 0.3) is 0 Å². The van der Waals surface area contributed by atoms with Crippen LogP contribution in [0.4, 0.5) is 5.69 Å². The van der Waals surface area contributed by atoms with Crippen molar-refractivity contribution in [2.75, 3.05) is 25.0 Å². The monoisotopic (exact) mass is 399 g/mol. The minimum absolute atomic E-state index is 0.102. The first-order valence-electron chi connectivity index (χ1n) is 10.6. The maximum absolute atomic E-state index is 12.7. The SMILES string of the molecule is O=C(CCC(=O)N1CC[C@H](O)[C@@]2(CCCNC2=O)C1)Nc1ccc2c(c1)CCC2. The van der Waals surface area contributed by atoms with E-state index in [0.717, 1.165) is 31.4 Å². The van der Waals surface area contributed by atoms with Crippen LogP contribution >= 0.6 is 0 Å². The lowest BCUT2D eigenvalue weighted by molar-refractivity contribution is -0.155. The van der Waals surface area contributed by atoms with Gasteiger partial charge in [-0.05, 0) is 61.8 Å². The van der Waals surface area contributed by atoms with E-state index in [1.165, 1.54) is 11.1 Å². The maximum Gasteiger partial charge on any atom is 0.230 e. The van der Waals surface area contributed by atoms with E-state index in [2.05, 4.69) is 16.7 Å². The topological polar surface area (TPSA) is 98.7 Å². The molecular weight excluding hydrogens is 370 g/mol. The molecule has 2 atom stereocenters. The van der Waals surface area contributed by atoms with Gasteiger partial charge in [0.15, 0.2) is 0 Å². The average molecular weight is 399 g/mol. The van der Waals surface area contributed by atoms with Gasteiger partial charge in [-0.1, -0.05) is 6.07 Å². The zero-order valence-corrected chi connectivity index (χ0v) is 16.7. The van der Waals surface area contributed by atoms with Crippen LogP contribution in [0, 0.1) is 5.41 Å². The van der Waals surface area contributed by atoms with Crippen molar-refractivity contribution >= 4 is 23.4 Å². The molecule has 3 amide bonds. The molecule has 3 N–H and O–H groups in total. The number of carbonyl (C=O) groups is 3. The van der Waals surface area contributed by atoms with Crippen molar-refractivity contribution < 1.29 is 19.5 Å². The van der Waals surface area contributed by atoms with Gasteiger partial charge < -0.3 is 20.6 Å². The van der Waals surface area contributed by atoms with Crippen molar-refractivity contribution in [3.8, 4) is 0 Å². The number of aryl methyl sites for hydroxylation is 2. The number of hydrogen-bond donors (Lipinski definition) is 3. The van der Waals surface area contributed by atoms with Crippen molar-refractivity contribution in [1.82, 2.24) is 10.2 Å². The number of aliphatic hydroxyl groups excluding tert-OH is 1. The molecule has 7 nitrogen and oxygen atoms in total. The Morgan fingerprint density at radius 1 is 1.21 bits per heavy atom. The van der Waals surface area contributed by atoms with E-state index in [4.69, 9.17) is 0 Å². The Bertz CT molecular complexity index is 824. The first kappa shape index (κ1) is 19.9. The van der Waals surface area contributed by atoms with E-state index in [1.807, 2.05) is 12.1 Å². The fraction of sp³-hybridized carbons (Fsp3) is 0.591. The number of benzene rings is 1. The number of carbonyl (C=O) groups excluding carboxylic acids is 3. The molecule has 2 fully saturated rings. The summed E-state index contributed by atoms with van der Waals surface area (Å²) in [6, 6.07) is 6.01. The van der Waals surface area contributed by atoms with Gasteiger partial charge in [-0.2, -0.15) is 0 Å². The highest BCUT2D eigenvalue weighted by molar-refractivity contribution is 5.93. The van der Waals surface area contributed by atoms with Crippen LogP contribution in [0.25, 0.3) is 0 Å². The largest absolute Gasteiger partial charge is 0.392 e. The maximum atomic E-state index is 12.7. The van der Waals surface area contributed by atoms with Crippen molar-refractivity contribution in [3.63, 3.8) is 0 Å². The highest BCUT2D eigenvalue weighted by Crippen LogP contribution is 2.37. The number of fused-ring (bicyclic) bond motifs is 1. The molecule has 7 heteroatoms. The Morgan fingerprint density at radius 2 is 2.03 bits per heavy atom. The summed E-state index contributed by atoms with van der Waals surface area (Å²) in [5, 5.41) is 16.2. The molecule has 156 valence electrons. The minimum Gasteiger partial charge on any atom is -0.392 e. The van der Waals surface area contributed by atoms with Crippen molar-refractivity contribution in [1.29, 1.82) is 0 Å². The van der Waals surface area contributed by atoms with Gasteiger partial charge in [-0.15, -0.1) is 0 Å². The summed E-state index contributed by atoms with van der Waals surface area (Å²) in [6.45, 7) is 1.26. The smallest absolute Gasteiger partial charge is 0.230 e. The van der Waals surface area contributed by atoms with Crippen LogP contribution in [0.15, 0.2) is 18.2 Å². The molecule has 29 heavy (non-hydrogen) atoms. The summed E-state index contributed by atoms with van der Waals surface area (Å²) in [4.78, 5) is 39.1. The standard InChI is InChI=1S/C22H29N3O4/c26-18-9-12-25(14-22(18)10-2-11-23-21(22)29)20(28)8-7-19(27)24-17-6-5-15-3-1-4-16(15)13-17/h5-6,13,18,26H,1-4,7-12,14H2,(H,23,29)(H,24,27)/t18-,22+/m0/s1. The second kappa shape index (κ2) is 8.14. The van der Waals surface area contributed by atoms with Gasteiger partial charge in [0.05, 0.1) is 11.5 Å². The number of likely N-dealkylation sites (tertiary alicyclic amines) is 1. The van der Waals surface area contributed by atoms with E-state index in [9.17, 15) is 19.5 Å². The second-order valence-corrected chi connectivity index (χ2v) is 8.52. The van der Waals surface area contributed by atoms with Gasteiger partial charge in [-0.3, -0.25) is 14.4 Å². The predicted molar refractivity (Wildman–Crippen MR) is 108 cm³/mol. The fourth-order valence-electron chi connectivity index (χ4n) is 4.91. The van der Waals surface area contributed by atoms with Crippen LogP contribution in [0.5, 0.6) is 0 Å². The van der Waals surface area contributed by atoms with Gasteiger partial charge in [0.2, 0.25) is 17.7 Å². The lowest BCUT2D eigenvalue weighted by atomic mass is 9.71. The first-order chi connectivity index (χ1) is 14.0. The predicted octanol–water partition coefficient (Wildman–Crippen LogP) is 1.38. The Balaban J connectivity index is 1.31. The fourth-order valence-corrected chi connectivity index (χ4v) is 4.91. The van der Waals surface area contributed by atoms with Gasteiger partial charge in [-0.25, -0.2) is 0 Å². The first-order valence-corrected chi connectivity index (χ1v) is 10.6. The summed E-state index contributed by atoms with van der Waals surface area (Å²) in [5.41, 5.74) is 2.52. The van der Waals surface area contributed by atoms with Crippen molar-refractivity contribution in [2.24, 2.45) is 5.41 Å². The molecule has 4 rings (SSSR count). The van der Waals surface area contributed by atoms with Crippen LogP contribution in [-0.4, -0.2) is 53.5 Å². The normalized spacial score (nSPS) is 26.2. The summed E-state index contributed by atoms with van der Waals surface area (Å²) in [7, 11) is 0. The third kappa shape index (κ3) is 4.01.